The number of aryl methyl sites for hydroxylation is 2. The summed E-state index contributed by atoms with van der Waals surface area (Å²) in [4.78, 5) is 12.1. The minimum Gasteiger partial charge on any atom is -0.318 e. The number of carbonyl (C=O) groups excluding carboxylic acids is 1. The van der Waals surface area contributed by atoms with Gasteiger partial charge in [0.25, 0.3) is 5.91 Å². The number of benzene rings is 2. The fraction of sp³-hybridized carbons (Fsp3) is 0.143. The van der Waals surface area contributed by atoms with Crippen molar-refractivity contribution >= 4 is 23.7 Å². The highest BCUT2D eigenvalue weighted by molar-refractivity contribution is 6.30. The molecule has 0 saturated carbocycles. The molecular weight excluding hydrogens is 346 g/mol. The van der Waals surface area contributed by atoms with Gasteiger partial charge in [-0.25, -0.2) is 5.43 Å². The third-order valence-corrected chi connectivity index (χ3v) is 4.46. The van der Waals surface area contributed by atoms with Crippen LogP contribution < -0.4 is 5.43 Å². The van der Waals surface area contributed by atoms with Crippen LogP contribution in [0.1, 0.15) is 32.9 Å². The van der Waals surface area contributed by atoms with Crippen molar-refractivity contribution in [3.63, 3.8) is 0 Å². The number of hydrogen-bond donors (Lipinski definition) is 1. The predicted molar refractivity (Wildman–Crippen MR) is 106 cm³/mol. The van der Waals surface area contributed by atoms with Crippen molar-refractivity contribution in [3.8, 4) is 5.69 Å². The number of halogens is 1. The quantitative estimate of drug-likeness (QED) is 0.523. The van der Waals surface area contributed by atoms with Gasteiger partial charge in [0.2, 0.25) is 0 Å². The lowest BCUT2D eigenvalue weighted by atomic mass is 10.2. The number of carbonyl (C=O) groups is 1. The molecule has 1 heterocycles. The van der Waals surface area contributed by atoms with Gasteiger partial charge in [-0.3, -0.25) is 4.79 Å². The minimum atomic E-state index is -0.273. The molecule has 0 aliphatic rings. The highest BCUT2D eigenvalue weighted by atomic mass is 35.5. The molecule has 26 heavy (non-hydrogen) atoms. The summed E-state index contributed by atoms with van der Waals surface area (Å²) < 4.78 is 2.18. The molecular formula is C21H20ClN3O. The van der Waals surface area contributed by atoms with Crippen LogP contribution in [0.25, 0.3) is 5.69 Å². The molecule has 1 N–H and O–H groups in total. The standard InChI is InChI=1S/C21H20ClN3O/c1-14-5-4-6-20(11-14)25-15(2)12-18(16(25)3)13-23-24-21(26)17-7-9-19(22)10-8-17/h4-13H,1-3H3,(H,24,26)/b23-13-. The number of nitrogens with one attached hydrogen (secondary N) is 1. The van der Waals surface area contributed by atoms with Crippen LogP contribution in [0, 0.1) is 20.8 Å². The van der Waals surface area contributed by atoms with E-state index in [2.05, 4.69) is 53.2 Å². The summed E-state index contributed by atoms with van der Waals surface area (Å²) in [6, 6.07) is 17.1. The third-order valence-electron chi connectivity index (χ3n) is 4.21. The molecule has 0 unspecified atom stereocenters. The molecule has 132 valence electrons. The van der Waals surface area contributed by atoms with Crippen molar-refractivity contribution in [1.82, 2.24) is 9.99 Å². The van der Waals surface area contributed by atoms with E-state index in [1.807, 2.05) is 13.0 Å². The summed E-state index contributed by atoms with van der Waals surface area (Å²) >= 11 is 5.83. The Kier molecular flexibility index (Phi) is 5.24. The SMILES string of the molecule is Cc1cccc(-n2c(C)cc(/C=N\NC(=O)c3ccc(Cl)cc3)c2C)c1. The first-order chi connectivity index (χ1) is 12.5. The summed E-state index contributed by atoms with van der Waals surface area (Å²) in [7, 11) is 0. The van der Waals surface area contributed by atoms with Gasteiger partial charge in [-0.2, -0.15) is 5.10 Å². The smallest absolute Gasteiger partial charge is 0.271 e. The molecule has 0 spiro atoms. The second-order valence-electron chi connectivity index (χ2n) is 6.21. The van der Waals surface area contributed by atoms with E-state index in [1.165, 1.54) is 5.56 Å². The number of rotatable bonds is 4. The van der Waals surface area contributed by atoms with Gasteiger partial charge in [-0.05, 0) is 68.8 Å². The lowest BCUT2D eigenvalue weighted by Crippen LogP contribution is -2.17. The third kappa shape index (κ3) is 3.86. The highest BCUT2D eigenvalue weighted by Gasteiger charge is 2.10. The van der Waals surface area contributed by atoms with Crippen molar-refractivity contribution in [3.05, 3.63) is 87.7 Å². The van der Waals surface area contributed by atoms with Crippen LogP contribution in [-0.4, -0.2) is 16.7 Å². The maximum Gasteiger partial charge on any atom is 0.271 e. The molecule has 0 radical (unpaired) electrons. The summed E-state index contributed by atoms with van der Waals surface area (Å²) in [5, 5.41) is 4.69. The first-order valence-electron chi connectivity index (χ1n) is 8.30. The molecule has 4 nitrogen and oxygen atoms in total. The zero-order valence-corrected chi connectivity index (χ0v) is 15.7. The number of amides is 1. The number of hydrazone groups is 1. The van der Waals surface area contributed by atoms with Crippen molar-refractivity contribution in [2.45, 2.75) is 20.8 Å². The lowest BCUT2D eigenvalue weighted by Gasteiger charge is -2.10. The second kappa shape index (κ2) is 7.58. The van der Waals surface area contributed by atoms with E-state index >= 15 is 0 Å². The van der Waals surface area contributed by atoms with Crippen molar-refractivity contribution in [1.29, 1.82) is 0 Å². The fourth-order valence-corrected chi connectivity index (χ4v) is 3.03. The first kappa shape index (κ1) is 18.0. The van der Waals surface area contributed by atoms with Crippen molar-refractivity contribution in [2.75, 3.05) is 0 Å². The van der Waals surface area contributed by atoms with Crippen LogP contribution in [0.15, 0.2) is 59.7 Å². The summed E-state index contributed by atoms with van der Waals surface area (Å²) in [6.07, 6.45) is 1.67. The van der Waals surface area contributed by atoms with Crippen LogP contribution in [0.4, 0.5) is 0 Å². The zero-order valence-electron chi connectivity index (χ0n) is 15.0. The Hall–Kier alpha value is -2.85. The number of nitrogens with zero attached hydrogens (tertiary/aromatic N) is 2. The van der Waals surface area contributed by atoms with E-state index in [0.29, 0.717) is 10.6 Å². The maximum atomic E-state index is 12.1. The molecule has 0 aliphatic heterocycles. The van der Waals surface area contributed by atoms with Gasteiger partial charge in [0.1, 0.15) is 0 Å². The summed E-state index contributed by atoms with van der Waals surface area (Å²) in [5.74, 6) is -0.273. The van der Waals surface area contributed by atoms with E-state index in [0.717, 1.165) is 22.6 Å². The van der Waals surface area contributed by atoms with Gasteiger partial charge in [0, 0.05) is 33.2 Å². The molecule has 0 bridgehead atoms. The van der Waals surface area contributed by atoms with E-state index in [-0.39, 0.29) is 5.91 Å². The summed E-state index contributed by atoms with van der Waals surface area (Å²) in [5.41, 5.74) is 8.52. The Morgan fingerprint density at radius 2 is 1.81 bits per heavy atom. The van der Waals surface area contributed by atoms with Gasteiger partial charge in [-0.1, -0.05) is 23.7 Å². The normalized spacial score (nSPS) is 11.1. The molecule has 1 amide bonds. The zero-order chi connectivity index (χ0) is 18.7. The van der Waals surface area contributed by atoms with Gasteiger partial charge < -0.3 is 4.57 Å². The average molecular weight is 366 g/mol. The van der Waals surface area contributed by atoms with Crippen LogP contribution >= 0.6 is 11.6 Å². The van der Waals surface area contributed by atoms with E-state index in [9.17, 15) is 4.79 Å². The minimum absolute atomic E-state index is 0.273. The average Bonchev–Trinajstić information content (AvgIpc) is 2.89. The molecule has 2 aromatic carbocycles. The van der Waals surface area contributed by atoms with Gasteiger partial charge in [0.05, 0.1) is 6.21 Å². The maximum absolute atomic E-state index is 12.1. The van der Waals surface area contributed by atoms with E-state index in [1.54, 1.807) is 30.5 Å². The van der Waals surface area contributed by atoms with Crippen molar-refractivity contribution in [2.24, 2.45) is 5.10 Å². The molecule has 3 aromatic rings. The monoisotopic (exact) mass is 365 g/mol. The predicted octanol–water partition coefficient (Wildman–Crippen LogP) is 4.82. The van der Waals surface area contributed by atoms with Gasteiger partial charge in [-0.15, -0.1) is 0 Å². The topological polar surface area (TPSA) is 46.4 Å². The fourth-order valence-electron chi connectivity index (χ4n) is 2.91. The molecule has 0 fully saturated rings. The largest absolute Gasteiger partial charge is 0.318 e. The molecule has 0 saturated heterocycles. The van der Waals surface area contributed by atoms with Crippen LogP contribution in [0.3, 0.4) is 0 Å². The van der Waals surface area contributed by atoms with Crippen LogP contribution in [0.5, 0.6) is 0 Å². The lowest BCUT2D eigenvalue weighted by molar-refractivity contribution is 0.0955. The number of aromatic nitrogens is 1. The highest BCUT2D eigenvalue weighted by Crippen LogP contribution is 2.20. The Morgan fingerprint density at radius 1 is 1.08 bits per heavy atom. The van der Waals surface area contributed by atoms with E-state index < -0.39 is 0 Å². The molecule has 3 rings (SSSR count). The second-order valence-corrected chi connectivity index (χ2v) is 6.64. The number of hydrogen-bond acceptors (Lipinski definition) is 2. The Labute approximate surface area is 158 Å². The molecule has 1 aromatic heterocycles. The Morgan fingerprint density at radius 3 is 2.50 bits per heavy atom. The molecule has 0 aliphatic carbocycles. The van der Waals surface area contributed by atoms with Crippen molar-refractivity contribution < 1.29 is 4.79 Å². The molecule has 5 heteroatoms. The van der Waals surface area contributed by atoms with Crippen LogP contribution in [0.2, 0.25) is 5.02 Å². The first-order valence-corrected chi connectivity index (χ1v) is 8.68. The van der Waals surface area contributed by atoms with Crippen LogP contribution in [-0.2, 0) is 0 Å². The van der Waals surface area contributed by atoms with Gasteiger partial charge >= 0.3 is 0 Å². The Bertz CT molecular complexity index is 971. The molecule has 0 atom stereocenters. The Balaban J connectivity index is 1.78. The summed E-state index contributed by atoms with van der Waals surface area (Å²) in [6.45, 7) is 6.17. The van der Waals surface area contributed by atoms with Gasteiger partial charge in [0.15, 0.2) is 0 Å². The van der Waals surface area contributed by atoms with E-state index in [4.69, 9.17) is 11.6 Å².